The molecule has 0 aliphatic heterocycles. The molecule has 2 heterocycles. The fraction of sp³-hybridized carbons (Fsp3) is 0.353. The molecule has 2 aromatic heterocycles. The zero-order valence-corrected chi connectivity index (χ0v) is 14.0. The minimum atomic E-state index is -1.16. The van der Waals surface area contributed by atoms with Crippen LogP contribution in [0.5, 0.6) is 0 Å². The van der Waals surface area contributed by atoms with Gasteiger partial charge in [0.25, 0.3) is 0 Å². The van der Waals surface area contributed by atoms with Gasteiger partial charge in [0.1, 0.15) is 17.1 Å². The van der Waals surface area contributed by atoms with Crippen molar-refractivity contribution in [3.8, 4) is 11.3 Å². The number of hydrogen-bond acceptors (Lipinski definition) is 6. The highest BCUT2D eigenvalue weighted by atomic mass is 16.4. The van der Waals surface area contributed by atoms with Crippen molar-refractivity contribution in [1.29, 1.82) is 0 Å². The number of carbonyl (C=O) groups is 2. The SMILES string of the molecule is CCCC[C@H](N)C(=O)NCc1ccc(-c2cncc(C(=O)O)c2N)o1. The molecule has 25 heavy (non-hydrogen) atoms. The molecule has 2 rings (SSSR count). The van der Waals surface area contributed by atoms with Gasteiger partial charge in [-0.25, -0.2) is 4.79 Å². The number of nitrogen functional groups attached to an aromatic ring is 1. The van der Waals surface area contributed by atoms with E-state index < -0.39 is 12.0 Å². The summed E-state index contributed by atoms with van der Waals surface area (Å²) in [5.74, 6) is -0.508. The highest BCUT2D eigenvalue weighted by Gasteiger charge is 2.17. The maximum atomic E-state index is 11.9. The molecule has 0 spiro atoms. The second kappa shape index (κ2) is 8.29. The van der Waals surface area contributed by atoms with Crippen molar-refractivity contribution in [1.82, 2.24) is 10.3 Å². The van der Waals surface area contributed by atoms with Crippen molar-refractivity contribution in [3.63, 3.8) is 0 Å². The first-order chi connectivity index (χ1) is 11.9. The molecule has 0 unspecified atom stereocenters. The van der Waals surface area contributed by atoms with Crippen molar-refractivity contribution in [3.05, 3.63) is 35.9 Å². The van der Waals surface area contributed by atoms with Crippen LogP contribution in [-0.4, -0.2) is 28.0 Å². The second-order valence-electron chi connectivity index (χ2n) is 5.69. The van der Waals surface area contributed by atoms with E-state index in [0.717, 1.165) is 12.8 Å². The molecule has 0 aliphatic rings. The maximum absolute atomic E-state index is 11.9. The Morgan fingerprint density at radius 1 is 1.36 bits per heavy atom. The highest BCUT2D eigenvalue weighted by molar-refractivity contribution is 5.97. The molecule has 134 valence electrons. The van der Waals surface area contributed by atoms with Crippen LogP contribution >= 0.6 is 0 Å². The largest absolute Gasteiger partial charge is 0.478 e. The Morgan fingerprint density at radius 2 is 2.12 bits per heavy atom. The number of hydrogen-bond donors (Lipinski definition) is 4. The number of carbonyl (C=O) groups excluding carboxylic acids is 1. The van der Waals surface area contributed by atoms with Gasteiger partial charge >= 0.3 is 5.97 Å². The number of carboxylic acids is 1. The summed E-state index contributed by atoms with van der Waals surface area (Å²) in [4.78, 5) is 26.9. The summed E-state index contributed by atoms with van der Waals surface area (Å²) in [6.07, 6.45) is 5.13. The van der Waals surface area contributed by atoms with E-state index in [0.29, 0.717) is 23.5 Å². The number of unbranched alkanes of at least 4 members (excludes halogenated alkanes) is 1. The molecule has 6 N–H and O–H groups in total. The van der Waals surface area contributed by atoms with Crippen LogP contribution in [-0.2, 0) is 11.3 Å². The van der Waals surface area contributed by atoms with E-state index in [2.05, 4.69) is 10.3 Å². The standard InChI is InChI=1S/C17H22N4O4/c1-2-3-4-13(18)16(22)21-7-10-5-6-14(25-10)11-8-20-9-12(15(11)19)17(23)24/h5-6,8-9,13H,2-4,7,18H2,1H3,(H2,19,20)(H,21,22)(H,23,24)/t13-/m0/s1. The molecule has 8 heteroatoms. The van der Waals surface area contributed by atoms with E-state index in [1.807, 2.05) is 6.92 Å². The molecular formula is C17H22N4O4. The number of amides is 1. The van der Waals surface area contributed by atoms with Gasteiger partial charge < -0.3 is 26.3 Å². The first-order valence-corrected chi connectivity index (χ1v) is 8.03. The Morgan fingerprint density at radius 3 is 2.80 bits per heavy atom. The quantitative estimate of drug-likeness (QED) is 0.570. The lowest BCUT2D eigenvalue weighted by atomic mass is 10.1. The Kier molecular flexibility index (Phi) is 6.13. The smallest absolute Gasteiger partial charge is 0.339 e. The van der Waals surface area contributed by atoms with Gasteiger partial charge in [-0.1, -0.05) is 19.8 Å². The summed E-state index contributed by atoms with van der Waals surface area (Å²) >= 11 is 0. The maximum Gasteiger partial charge on any atom is 0.339 e. The summed E-state index contributed by atoms with van der Waals surface area (Å²) in [5, 5.41) is 11.8. The number of anilines is 1. The van der Waals surface area contributed by atoms with Crippen molar-refractivity contribution < 1.29 is 19.1 Å². The summed E-state index contributed by atoms with van der Waals surface area (Å²) in [6, 6.07) is 2.79. The van der Waals surface area contributed by atoms with E-state index in [1.165, 1.54) is 12.4 Å². The second-order valence-corrected chi connectivity index (χ2v) is 5.69. The minimum Gasteiger partial charge on any atom is -0.478 e. The van der Waals surface area contributed by atoms with E-state index in [1.54, 1.807) is 12.1 Å². The molecule has 0 aliphatic carbocycles. The van der Waals surface area contributed by atoms with Gasteiger partial charge in [0, 0.05) is 12.4 Å². The lowest BCUT2D eigenvalue weighted by Gasteiger charge is -2.10. The number of nitrogens with zero attached hydrogens (tertiary/aromatic N) is 1. The molecule has 1 atom stereocenters. The van der Waals surface area contributed by atoms with Crippen LogP contribution in [0.3, 0.4) is 0 Å². The van der Waals surface area contributed by atoms with Crippen LogP contribution in [0.2, 0.25) is 0 Å². The van der Waals surface area contributed by atoms with Crippen molar-refractivity contribution in [2.24, 2.45) is 5.73 Å². The molecule has 0 fully saturated rings. The summed E-state index contributed by atoms with van der Waals surface area (Å²) < 4.78 is 5.63. The molecule has 2 aromatic rings. The van der Waals surface area contributed by atoms with E-state index >= 15 is 0 Å². The zero-order chi connectivity index (χ0) is 18.4. The molecule has 8 nitrogen and oxygen atoms in total. The minimum absolute atomic E-state index is 0.0778. The fourth-order valence-corrected chi connectivity index (χ4v) is 2.32. The third-order valence-corrected chi connectivity index (χ3v) is 3.79. The highest BCUT2D eigenvalue weighted by Crippen LogP contribution is 2.29. The summed E-state index contributed by atoms with van der Waals surface area (Å²) in [6.45, 7) is 2.22. The number of aromatic carboxylic acids is 1. The van der Waals surface area contributed by atoms with Gasteiger partial charge in [0.05, 0.1) is 23.8 Å². The van der Waals surface area contributed by atoms with Crippen molar-refractivity contribution in [2.75, 3.05) is 5.73 Å². The van der Waals surface area contributed by atoms with E-state index in [-0.39, 0.29) is 23.7 Å². The average Bonchev–Trinajstić information content (AvgIpc) is 3.06. The Balaban J connectivity index is 2.05. The van der Waals surface area contributed by atoms with Crippen LogP contribution in [0.25, 0.3) is 11.3 Å². The summed E-state index contributed by atoms with van der Waals surface area (Å²) in [7, 11) is 0. The first kappa shape index (κ1) is 18.5. The van der Waals surface area contributed by atoms with Crippen molar-refractivity contribution in [2.45, 2.75) is 38.8 Å². The lowest BCUT2D eigenvalue weighted by molar-refractivity contribution is -0.122. The average molecular weight is 346 g/mol. The molecule has 0 aromatic carbocycles. The monoisotopic (exact) mass is 346 g/mol. The molecule has 1 amide bonds. The number of aromatic nitrogens is 1. The van der Waals surface area contributed by atoms with Crippen LogP contribution in [0.4, 0.5) is 5.69 Å². The van der Waals surface area contributed by atoms with Gasteiger partial charge in [-0.2, -0.15) is 0 Å². The fourth-order valence-electron chi connectivity index (χ4n) is 2.32. The van der Waals surface area contributed by atoms with Gasteiger partial charge in [0.2, 0.25) is 5.91 Å². The van der Waals surface area contributed by atoms with E-state index in [4.69, 9.17) is 21.0 Å². The lowest BCUT2D eigenvalue weighted by Crippen LogP contribution is -2.40. The normalized spacial score (nSPS) is 11.9. The molecule has 0 radical (unpaired) electrons. The van der Waals surface area contributed by atoms with Gasteiger partial charge in [-0.05, 0) is 18.6 Å². The van der Waals surface area contributed by atoms with Crippen LogP contribution in [0.15, 0.2) is 28.9 Å². The predicted octanol–water partition coefficient (Wildman–Crippen LogP) is 1.76. The predicted molar refractivity (Wildman–Crippen MR) is 92.7 cm³/mol. The van der Waals surface area contributed by atoms with E-state index in [9.17, 15) is 9.59 Å². The summed E-state index contributed by atoms with van der Waals surface area (Å²) in [5.41, 5.74) is 12.0. The Bertz CT molecular complexity index is 757. The Hall–Kier alpha value is -2.87. The van der Waals surface area contributed by atoms with Crippen LogP contribution in [0.1, 0.15) is 42.3 Å². The molecule has 0 saturated carbocycles. The third kappa shape index (κ3) is 4.57. The topological polar surface area (TPSA) is 144 Å². The number of nitrogens with two attached hydrogens (primary N) is 2. The number of nitrogens with one attached hydrogen (secondary N) is 1. The number of pyridine rings is 1. The van der Waals surface area contributed by atoms with Gasteiger partial charge in [-0.3, -0.25) is 9.78 Å². The zero-order valence-electron chi connectivity index (χ0n) is 14.0. The van der Waals surface area contributed by atoms with Crippen LogP contribution in [0, 0.1) is 0 Å². The third-order valence-electron chi connectivity index (χ3n) is 3.79. The molecule has 0 bridgehead atoms. The van der Waals surface area contributed by atoms with Gasteiger partial charge in [0.15, 0.2) is 0 Å². The number of furan rings is 1. The number of carboxylic acid groups (broad SMARTS) is 1. The number of rotatable bonds is 8. The Labute approximate surface area is 145 Å². The molecular weight excluding hydrogens is 324 g/mol. The van der Waals surface area contributed by atoms with Crippen LogP contribution < -0.4 is 16.8 Å². The first-order valence-electron chi connectivity index (χ1n) is 8.03. The molecule has 0 saturated heterocycles. The van der Waals surface area contributed by atoms with Gasteiger partial charge in [-0.15, -0.1) is 0 Å². The van der Waals surface area contributed by atoms with Crippen molar-refractivity contribution >= 4 is 17.6 Å².